The van der Waals surface area contributed by atoms with E-state index in [0.29, 0.717) is 35.3 Å². The second-order valence-corrected chi connectivity index (χ2v) is 12.8. The van der Waals surface area contributed by atoms with E-state index in [0.717, 1.165) is 12.1 Å². The van der Waals surface area contributed by atoms with Gasteiger partial charge >= 0.3 is 12.8 Å². The lowest BCUT2D eigenvalue weighted by Gasteiger charge is -2.27. The number of carbonyl (C=O) groups excluding carboxylic acids is 1. The van der Waals surface area contributed by atoms with E-state index in [9.17, 15) is 40.3 Å². The van der Waals surface area contributed by atoms with Crippen LogP contribution in [-0.2, 0) is 20.8 Å². The van der Waals surface area contributed by atoms with Crippen LogP contribution >= 0.6 is 0 Å². The molecule has 1 aliphatic rings. The van der Waals surface area contributed by atoms with Crippen molar-refractivity contribution in [3.8, 4) is 0 Å². The van der Waals surface area contributed by atoms with Gasteiger partial charge in [0.15, 0.2) is 9.84 Å². The van der Waals surface area contributed by atoms with Crippen molar-refractivity contribution in [3.63, 3.8) is 0 Å². The second kappa shape index (κ2) is 14.0. The predicted octanol–water partition coefficient (Wildman–Crippen LogP) is 5.95. The van der Waals surface area contributed by atoms with Crippen LogP contribution in [0.1, 0.15) is 58.8 Å². The summed E-state index contributed by atoms with van der Waals surface area (Å²) < 4.78 is 93.6. The normalized spacial score (nSPS) is 18.0. The molecule has 1 heterocycles. The Morgan fingerprint density at radius 2 is 1.66 bits per heavy atom. The van der Waals surface area contributed by atoms with E-state index in [2.05, 4.69) is 10.1 Å². The number of hydrogen-bond donors (Lipinski definition) is 2. The molecule has 0 aromatic heterocycles. The van der Waals surface area contributed by atoms with Gasteiger partial charge < -0.3 is 20.1 Å². The molecule has 3 aromatic carbocycles. The van der Waals surface area contributed by atoms with Crippen LogP contribution in [0.4, 0.5) is 27.6 Å². The van der Waals surface area contributed by atoms with Crippen LogP contribution in [0.25, 0.3) is 0 Å². The van der Waals surface area contributed by atoms with Crippen molar-refractivity contribution in [1.82, 2.24) is 5.32 Å². The Kier molecular flexibility index (Phi) is 10.6. The van der Waals surface area contributed by atoms with Crippen LogP contribution in [0.2, 0.25) is 0 Å². The van der Waals surface area contributed by atoms with Gasteiger partial charge in [-0.15, -0.1) is 0 Å². The molecule has 0 saturated carbocycles. The Bertz CT molecular complexity index is 1500. The molecule has 1 fully saturated rings. The molecule has 1 saturated heterocycles. The summed E-state index contributed by atoms with van der Waals surface area (Å²) in [5, 5.41) is 12.4. The Hall–Kier alpha value is -3.55. The van der Waals surface area contributed by atoms with Gasteiger partial charge in [0.25, 0.3) is 5.91 Å². The van der Waals surface area contributed by atoms with Crippen molar-refractivity contribution in [3.05, 3.63) is 95.1 Å². The van der Waals surface area contributed by atoms with Gasteiger partial charge in [-0.2, -0.15) is 22.0 Å². The molecule has 44 heavy (non-hydrogen) atoms. The molecule has 2 N–H and O–H groups in total. The third-order valence-electron chi connectivity index (χ3n) is 7.74. The zero-order valence-electron chi connectivity index (χ0n) is 23.8. The van der Waals surface area contributed by atoms with Crippen molar-refractivity contribution in [2.24, 2.45) is 0 Å². The number of sulfone groups is 1. The fourth-order valence-corrected chi connectivity index (χ4v) is 6.22. The highest BCUT2D eigenvalue weighted by Gasteiger charge is 2.35. The van der Waals surface area contributed by atoms with Crippen molar-refractivity contribution in [2.45, 2.75) is 55.5 Å². The standard InChI is InChI=1S/C31H33F5N2O5S/c1-2-44(41,42)27-13-7-21(8-14-27)28(15-16-39)37-29(40)22-5-11-25(12-6-22)38-18-23(17-26(38)19-43-30(32)33)20-3-9-24(10-4-20)31(34,35)36/h3-14,23,26,28,30,39H,2,15-19H2,1H3,(H,37,40)/t23-,26+,28+/m1/s1. The highest BCUT2D eigenvalue weighted by Crippen LogP contribution is 2.37. The molecule has 3 aromatic rings. The zero-order valence-corrected chi connectivity index (χ0v) is 24.6. The van der Waals surface area contributed by atoms with E-state index in [1.165, 1.54) is 24.3 Å². The van der Waals surface area contributed by atoms with E-state index in [4.69, 9.17) is 0 Å². The first-order chi connectivity index (χ1) is 20.8. The topological polar surface area (TPSA) is 95.9 Å². The maximum atomic E-state index is 13.1. The van der Waals surface area contributed by atoms with E-state index < -0.39 is 46.2 Å². The van der Waals surface area contributed by atoms with Crippen molar-refractivity contribution in [2.75, 3.05) is 30.4 Å². The summed E-state index contributed by atoms with van der Waals surface area (Å²) in [5.41, 5.74) is 1.41. The number of anilines is 1. The number of halogens is 5. The number of carbonyl (C=O) groups is 1. The van der Waals surface area contributed by atoms with Gasteiger partial charge in [0.05, 0.1) is 34.9 Å². The molecule has 7 nitrogen and oxygen atoms in total. The molecule has 0 aliphatic carbocycles. The summed E-state index contributed by atoms with van der Waals surface area (Å²) in [6.45, 7) is -1.61. The van der Waals surface area contributed by atoms with Gasteiger partial charge in [-0.3, -0.25) is 4.79 Å². The Morgan fingerprint density at radius 3 is 2.20 bits per heavy atom. The van der Waals surface area contributed by atoms with Crippen molar-refractivity contribution >= 4 is 21.4 Å². The molecular formula is C31H33F5N2O5S. The van der Waals surface area contributed by atoms with Gasteiger partial charge in [0.2, 0.25) is 0 Å². The summed E-state index contributed by atoms with van der Waals surface area (Å²) in [6, 6.07) is 16.3. The van der Waals surface area contributed by atoms with Crippen LogP contribution in [-0.4, -0.2) is 57.6 Å². The number of ether oxygens (including phenoxy) is 1. The van der Waals surface area contributed by atoms with Gasteiger partial charge in [-0.05, 0) is 72.5 Å². The minimum absolute atomic E-state index is 0.0493. The predicted molar refractivity (Wildman–Crippen MR) is 154 cm³/mol. The van der Waals surface area contributed by atoms with Gasteiger partial charge in [0.1, 0.15) is 0 Å². The summed E-state index contributed by atoms with van der Waals surface area (Å²) in [7, 11) is -3.40. The van der Waals surface area contributed by atoms with E-state index in [1.807, 2.05) is 4.90 Å². The first kappa shape index (κ1) is 33.3. The second-order valence-electron chi connectivity index (χ2n) is 10.5. The van der Waals surface area contributed by atoms with Crippen LogP contribution in [0, 0.1) is 0 Å². The maximum absolute atomic E-state index is 13.1. The number of nitrogens with one attached hydrogen (secondary N) is 1. The third kappa shape index (κ3) is 8.13. The fourth-order valence-electron chi connectivity index (χ4n) is 5.33. The molecule has 3 atom stereocenters. The molecular weight excluding hydrogens is 607 g/mol. The highest BCUT2D eigenvalue weighted by atomic mass is 32.2. The highest BCUT2D eigenvalue weighted by molar-refractivity contribution is 7.91. The molecule has 0 spiro atoms. The number of benzene rings is 3. The molecule has 238 valence electrons. The molecule has 0 unspecified atom stereocenters. The molecule has 0 bridgehead atoms. The number of amides is 1. The van der Waals surface area contributed by atoms with Crippen LogP contribution in [0.3, 0.4) is 0 Å². The number of rotatable bonds is 12. The summed E-state index contributed by atoms with van der Waals surface area (Å²) >= 11 is 0. The zero-order chi connectivity index (χ0) is 32.1. The van der Waals surface area contributed by atoms with Gasteiger partial charge in [-0.1, -0.05) is 31.2 Å². The number of hydrogen-bond acceptors (Lipinski definition) is 6. The molecule has 1 amide bonds. The lowest BCUT2D eigenvalue weighted by molar-refractivity contribution is -0.137. The molecule has 1 aliphatic heterocycles. The Morgan fingerprint density at radius 1 is 1.02 bits per heavy atom. The minimum Gasteiger partial charge on any atom is -0.396 e. The maximum Gasteiger partial charge on any atom is 0.416 e. The van der Waals surface area contributed by atoms with Gasteiger partial charge in [0, 0.05) is 30.3 Å². The van der Waals surface area contributed by atoms with Crippen LogP contribution in [0.5, 0.6) is 0 Å². The van der Waals surface area contributed by atoms with Gasteiger partial charge in [-0.25, -0.2) is 8.42 Å². The monoisotopic (exact) mass is 640 g/mol. The Labute approximate surface area is 252 Å². The number of alkyl halides is 5. The smallest absolute Gasteiger partial charge is 0.396 e. The number of aliphatic hydroxyl groups excluding tert-OH is 1. The number of nitrogens with zero attached hydrogens (tertiary/aromatic N) is 1. The largest absolute Gasteiger partial charge is 0.416 e. The third-order valence-corrected chi connectivity index (χ3v) is 9.49. The quantitative estimate of drug-likeness (QED) is 0.238. The van der Waals surface area contributed by atoms with E-state index in [-0.39, 0.29) is 36.2 Å². The van der Waals surface area contributed by atoms with E-state index in [1.54, 1.807) is 43.3 Å². The van der Waals surface area contributed by atoms with Crippen molar-refractivity contribution in [1.29, 1.82) is 0 Å². The number of aliphatic hydroxyl groups is 1. The lowest BCUT2D eigenvalue weighted by Crippen LogP contribution is -2.34. The molecule has 13 heteroatoms. The molecule has 4 rings (SSSR count). The van der Waals surface area contributed by atoms with Crippen LogP contribution in [0.15, 0.2) is 77.7 Å². The first-order valence-electron chi connectivity index (χ1n) is 14.0. The van der Waals surface area contributed by atoms with E-state index >= 15 is 0 Å². The minimum atomic E-state index is -4.47. The average molecular weight is 641 g/mol. The Balaban J connectivity index is 1.49. The van der Waals surface area contributed by atoms with Crippen LogP contribution < -0.4 is 10.2 Å². The van der Waals surface area contributed by atoms with Crippen molar-refractivity contribution < 1.29 is 45.0 Å². The molecule has 0 radical (unpaired) electrons. The summed E-state index contributed by atoms with van der Waals surface area (Å²) in [6.07, 6.45) is -3.90. The average Bonchev–Trinajstić information content (AvgIpc) is 3.44. The summed E-state index contributed by atoms with van der Waals surface area (Å²) in [4.78, 5) is 15.1. The first-order valence-corrected chi connectivity index (χ1v) is 15.7. The lowest BCUT2D eigenvalue weighted by atomic mass is 9.95. The fraction of sp³-hybridized carbons (Fsp3) is 0.387. The summed E-state index contributed by atoms with van der Waals surface area (Å²) in [5.74, 6) is -0.724. The SMILES string of the molecule is CCS(=O)(=O)c1ccc([C@H](CCO)NC(=O)c2ccc(N3C[C@H](c4ccc(C(F)(F)F)cc4)C[C@H]3COC(F)F)cc2)cc1.